The third-order valence-electron chi connectivity index (χ3n) is 3.25. The van der Waals surface area contributed by atoms with E-state index in [1.165, 1.54) is 19.4 Å². The summed E-state index contributed by atoms with van der Waals surface area (Å²) < 4.78 is 5.49. The Morgan fingerprint density at radius 3 is 3.17 bits per heavy atom. The molecular weight excluding hydrogens is 228 g/mol. The Bertz CT molecular complexity index is 372. The summed E-state index contributed by atoms with van der Waals surface area (Å²) in [5.41, 5.74) is 0. The molecule has 1 aliphatic rings. The average Bonchev–Trinajstić information content (AvgIpc) is 2.80. The summed E-state index contributed by atoms with van der Waals surface area (Å²) in [5, 5.41) is 3.29. The number of aromatic nitrogens is 2. The van der Waals surface area contributed by atoms with Crippen LogP contribution < -0.4 is 10.1 Å². The molecule has 1 unspecified atom stereocenters. The summed E-state index contributed by atoms with van der Waals surface area (Å²) >= 11 is 0. The predicted molar refractivity (Wildman–Crippen MR) is 72.0 cm³/mol. The summed E-state index contributed by atoms with van der Waals surface area (Å²) in [6.45, 7) is 4.86. The molecule has 0 saturated carbocycles. The van der Waals surface area contributed by atoms with Crippen molar-refractivity contribution in [1.29, 1.82) is 0 Å². The lowest BCUT2D eigenvalue weighted by molar-refractivity contribution is 0.304. The number of nitrogens with zero attached hydrogens (tertiary/aromatic N) is 3. The van der Waals surface area contributed by atoms with Crippen LogP contribution in [0.25, 0.3) is 0 Å². The highest BCUT2D eigenvalue weighted by atomic mass is 16.5. The molecule has 1 N–H and O–H groups in total. The second kappa shape index (κ2) is 6.54. The van der Waals surface area contributed by atoms with Crippen LogP contribution >= 0.6 is 0 Å². The van der Waals surface area contributed by atoms with Crippen LogP contribution in [-0.4, -0.2) is 47.7 Å². The molecule has 1 fully saturated rings. The number of likely N-dealkylation sites (tertiary alicyclic amines) is 1. The van der Waals surface area contributed by atoms with Crippen molar-refractivity contribution in [3.8, 4) is 5.88 Å². The molecule has 1 aromatic heterocycles. The van der Waals surface area contributed by atoms with Gasteiger partial charge in [-0.1, -0.05) is 6.92 Å². The lowest BCUT2D eigenvalue weighted by Crippen LogP contribution is -2.31. The fourth-order valence-corrected chi connectivity index (χ4v) is 2.16. The van der Waals surface area contributed by atoms with E-state index in [1.54, 1.807) is 12.3 Å². The van der Waals surface area contributed by atoms with Gasteiger partial charge in [0.15, 0.2) is 0 Å². The third-order valence-corrected chi connectivity index (χ3v) is 3.25. The van der Waals surface area contributed by atoms with Crippen LogP contribution in [0.3, 0.4) is 0 Å². The zero-order valence-corrected chi connectivity index (χ0v) is 11.2. The Balaban J connectivity index is 1.84. The summed E-state index contributed by atoms with van der Waals surface area (Å²) in [6, 6.07) is 2.39. The van der Waals surface area contributed by atoms with Crippen molar-refractivity contribution in [2.75, 3.05) is 32.1 Å². The van der Waals surface area contributed by atoms with Gasteiger partial charge in [-0.05, 0) is 32.9 Å². The normalized spacial score (nSPS) is 20.0. The molecule has 1 atom stereocenters. The Labute approximate surface area is 109 Å². The highest BCUT2D eigenvalue weighted by Crippen LogP contribution is 2.15. The second-order valence-corrected chi connectivity index (χ2v) is 4.72. The van der Waals surface area contributed by atoms with Crippen molar-refractivity contribution < 1.29 is 4.74 Å². The van der Waals surface area contributed by atoms with Gasteiger partial charge in [0.1, 0.15) is 0 Å². The zero-order valence-electron chi connectivity index (χ0n) is 11.2. The first kappa shape index (κ1) is 13.1. The quantitative estimate of drug-likeness (QED) is 0.834. The molecule has 0 radical (unpaired) electrons. The lowest BCUT2D eigenvalue weighted by atomic mass is 10.2. The Kier molecular flexibility index (Phi) is 4.75. The maximum atomic E-state index is 5.49. The second-order valence-electron chi connectivity index (χ2n) is 4.72. The van der Waals surface area contributed by atoms with Gasteiger partial charge < -0.3 is 15.0 Å². The van der Waals surface area contributed by atoms with E-state index >= 15 is 0 Å². The first-order valence-electron chi connectivity index (χ1n) is 6.69. The van der Waals surface area contributed by atoms with Crippen LogP contribution in [0.5, 0.6) is 5.88 Å². The first-order chi connectivity index (χ1) is 8.79. The number of nitrogens with one attached hydrogen (secondary N) is 1. The number of likely N-dealkylation sites (N-methyl/N-ethyl adjacent to an activating group) is 1. The van der Waals surface area contributed by atoms with Crippen LogP contribution in [0, 0.1) is 0 Å². The van der Waals surface area contributed by atoms with Gasteiger partial charge in [-0.25, -0.2) is 4.98 Å². The molecule has 2 rings (SSSR count). The summed E-state index contributed by atoms with van der Waals surface area (Å²) in [6.07, 6.45) is 5.25. The van der Waals surface area contributed by atoms with Gasteiger partial charge in [-0.3, -0.25) is 0 Å². The first-order valence-corrected chi connectivity index (χ1v) is 6.69. The van der Waals surface area contributed by atoms with Gasteiger partial charge in [0.2, 0.25) is 11.8 Å². The van der Waals surface area contributed by atoms with Crippen molar-refractivity contribution >= 4 is 5.95 Å². The molecule has 100 valence electrons. The standard InChI is InChI=1S/C13H22N4O/c1-3-9-18-12-6-7-14-13(16-12)15-10-11-5-4-8-17(11)2/h6-7,11H,3-5,8-10H2,1-2H3,(H,14,15,16). The molecule has 5 heteroatoms. The highest BCUT2D eigenvalue weighted by Gasteiger charge is 2.20. The predicted octanol–water partition coefficient (Wildman–Crippen LogP) is 1.77. The van der Waals surface area contributed by atoms with Crippen molar-refractivity contribution in [3.05, 3.63) is 12.3 Å². The van der Waals surface area contributed by atoms with Gasteiger partial charge in [-0.15, -0.1) is 0 Å². The molecule has 1 saturated heterocycles. The van der Waals surface area contributed by atoms with E-state index in [0.29, 0.717) is 24.5 Å². The lowest BCUT2D eigenvalue weighted by Gasteiger charge is -2.19. The summed E-state index contributed by atoms with van der Waals surface area (Å²) in [5.74, 6) is 1.30. The van der Waals surface area contributed by atoms with Crippen LogP contribution in [0.15, 0.2) is 12.3 Å². The number of hydrogen-bond donors (Lipinski definition) is 1. The number of rotatable bonds is 6. The molecule has 0 aromatic carbocycles. The van der Waals surface area contributed by atoms with E-state index in [0.717, 1.165) is 13.0 Å². The average molecular weight is 250 g/mol. The molecule has 5 nitrogen and oxygen atoms in total. The van der Waals surface area contributed by atoms with Crippen molar-refractivity contribution in [3.63, 3.8) is 0 Å². The Hall–Kier alpha value is -1.36. The van der Waals surface area contributed by atoms with Crippen LogP contribution in [-0.2, 0) is 0 Å². The molecule has 0 amide bonds. The van der Waals surface area contributed by atoms with Crippen molar-refractivity contribution in [1.82, 2.24) is 14.9 Å². The SMILES string of the molecule is CCCOc1ccnc(NCC2CCCN2C)n1. The molecule has 0 bridgehead atoms. The molecule has 2 heterocycles. The van der Waals surface area contributed by atoms with E-state index in [1.807, 2.05) is 0 Å². The van der Waals surface area contributed by atoms with Crippen LogP contribution in [0.1, 0.15) is 26.2 Å². The summed E-state index contributed by atoms with van der Waals surface area (Å²) in [7, 11) is 2.17. The largest absolute Gasteiger partial charge is 0.478 e. The maximum Gasteiger partial charge on any atom is 0.225 e. The van der Waals surface area contributed by atoms with Crippen LogP contribution in [0.2, 0.25) is 0 Å². The van der Waals surface area contributed by atoms with E-state index in [2.05, 4.69) is 34.2 Å². The minimum atomic E-state index is 0.591. The van der Waals surface area contributed by atoms with Gasteiger partial charge in [-0.2, -0.15) is 4.98 Å². The number of hydrogen-bond acceptors (Lipinski definition) is 5. The topological polar surface area (TPSA) is 50.3 Å². The Morgan fingerprint density at radius 2 is 2.44 bits per heavy atom. The smallest absolute Gasteiger partial charge is 0.225 e. The monoisotopic (exact) mass is 250 g/mol. The molecule has 0 aliphatic carbocycles. The molecule has 18 heavy (non-hydrogen) atoms. The van der Waals surface area contributed by atoms with Gasteiger partial charge >= 0.3 is 0 Å². The molecule has 0 spiro atoms. The summed E-state index contributed by atoms with van der Waals surface area (Å²) in [4.78, 5) is 10.9. The van der Waals surface area contributed by atoms with E-state index < -0.39 is 0 Å². The fourth-order valence-electron chi connectivity index (χ4n) is 2.16. The zero-order chi connectivity index (χ0) is 12.8. The highest BCUT2D eigenvalue weighted by molar-refractivity contribution is 5.27. The Morgan fingerprint density at radius 1 is 1.56 bits per heavy atom. The van der Waals surface area contributed by atoms with Gasteiger partial charge in [0.25, 0.3) is 0 Å². The van der Waals surface area contributed by atoms with E-state index in [4.69, 9.17) is 4.74 Å². The number of ether oxygens (including phenoxy) is 1. The molecule has 1 aromatic rings. The molecule has 1 aliphatic heterocycles. The maximum absolute atomic E-state index is 5.49. The number of anilines is 1. The van der Waals surface area contributed by atoms with Gasteiger partial charge in [0, 0.05) is 24.8 Å². The van der Waals surface area contributed by atoms with Gasteiger partial charge in [0.05, 0.1) is 6.61 Å². The van der Waals surface area contributed by atoms with E-state index in [9.17, 15) is 0 Å². The van der Waals surface area contributed by atoms with Crippen molar-refractivity contribution in [2.45, 2.75) is 32.2 Å². The third kappa shape index (κ3) is 3.57. The molecular formula is C13H22N4O. The van der Waals surface area contributed by atoms with Crippen molar-refractivity contribution in [2.24, 2.45) is 0 Å². The minimum absolute atomic E-state index is 0.591. The van der Waals surface area contributed by atoms with E-state index in [-0.39, 0.29) is 0 Å². The minimum Gasteiger partial charge on any atom is -0.478 e. The van der Waals surface area contributed by atoms with Crippen LogP contribution in [0.4, 0.5) is 5.95 Å². The fraction of sp³-hybridized carbons (Fsp3) is 0.692.